The molecule has 0 aliphatic carbocycles. The van der Waals surface area contributed by atoms with Gasteiger partial charge in [-0.15, -0.1) is 0 Å². The minimum Gasteiger partial charge on any atom is -0.436 e. The Hall–Kier alpha value is -2.10. The van der Waals surface area contributed by atoms with Crippen LogP contribution < -0.4 is 0 Å². The van der Waals surface area contributed by atoms with E-state index in [1.807, 2.05) is 38.4 Å². The molecule has 0 unspecified atom stereocenters. The topological polar surface area (TPSA) is 46.3 Å². The highest BCUT2D eigenvalue weighted by Crippen LogP contribution is 2.19. The maximum absolute atomic E-state index is 10.9. The minimum absolute atomic E-state index is 0.352. The van der Waals surface area contributed by atoms with E-state index in [0.29, 0.717) is 17.0 Å². The molecule has 0 radical (unpaired) electrons. The second-order valence-electron chi connectivity index (χ2n) is 3.65. The molecule has 0 spiro atoms. The second kappa shape index (κ2) is 4.18. The van der Waals surface area contributed by atoms with Crippen LogP contribution in [0.5, 0.6) is 0 Å². The molecule has 0 fully saturated rings. The van der Waals surface area contributed by atoms with Gasteiger partial charge in [-0.1, -0.05) is 12.1 Å². The number of nitrogens with zero attached hydrogens (tertiary/aromatic N) is 2. The summed E-state index contributed by atoms with van der Waals surface area (Å²) in [7, 11) is 3.68. The van der Waals surface area contributed by atoms with Crippen molar-refractivity contribution >= 4 is 23.0 Å². The molecule has 0 saturated carbocycles. The van der Waals surface area contributed by atoms with E-state index < -0.39 is 0 Å². The molecule has 0 bridgehead atoms. The number of rotatable bonds is 3. The van der Waals surface area contributed by atoms with Gasteiger partial charge in [-0.05, 0) is 12.1 Å². The quantitative estimate of drug-likeness (QED) is 0.581. The minimum atomic E-state index is 0.352. The van der Waals surface area contributed by atoms with E-state index in [2.05, 4.69) is 4.98 Å². The van der Waals surface area contributed by atoms with Gasteiger partial charge in [0.25, 0.3) is 0 Å². The first-order valence-corrected chi connectivity index (χ1v) is 4.90. The van der Waals surface area contributed by atoms with Crippen molar-refractivity contribution in [3.63, 3.8) is 0 Å². The van der Waals surface area contributed by atoms with Crippen LogP contribution in [-0.4, -0.2) is 30.3 Å². The van der Waals surface area contributed by atoms with Crippen molar-refractivity contribution in [2.75, 3.05) is 14.1 Å². The zero-order valence-corrected chi connectivity index (χ0v) is 9.18. The second-order valence-corrected chi connectivity index (χ2v) is 3.65. The fourth-order valence-electron chi connectivity index (χ4n) is 1.41. The van der Waals surface area contributed by atoms with Crippen LogP contribution in [0.2, 0.25) is 0 Å². The molecule has 0 saturated heterocycles. The lowest BCUT2D eigenvalue weighted by molar-refractivity contribution is -0.103. The van der Waals surface area contributed by atoms with Gasteiger partial charge in [-0.2, -0.15) is 0 Å². The highest BCUT2D eigenvalue weighted by Gasteiger charge is 2.09. The van der Waals surface area contributed by atoms with E-state index in [-0.39, 0.29) is 0 Å². The van der Waals surface area contributed by atoms with Crippen molar-refractivity contribution < 1.29 is 9.21 Å². The molecular formula is C12H12N2O2. The summed E-state index contributed by atoms with van der Waals surface area (Å²) >= 11 is 0. The maximum atomic E-state index is 10.9. The predicted molar refractivity (Wildman–Crippen MR) is 61.7 cm³/mol. The van der Waals surface area contributed by atoms with Gasteiger partial charge in [0.1, 0.15) is 5.52 Å². The van der Waals surface area contributed by atoms with Gasteiger partial charge in [0.05, 0.1) is 5.57 Å². The van der Waals surface area contributed by atoms with E-state index in [9.17, 15) is 4.79 Å². The predicted octanol–water partition coefficient (Wildman–Crippen LogP) is 1.93. The molecule has 0 N–H and O–H groups in total. The first-order chi connectivity index (χ1) is 7.70. The van der Waals surface area contributed by atoms with E-state index in [1.165, 1.54) is 0 Å². The summed E-state index contributed by atoms with van der Waals surface area (Å²) in [4.78, 5) is 16.9. The lowest BCUT2D eigenvalue weighted by Crippen LogP contribution is -2.03. The van der Waals surface area contributed by atoms with Gasteiger partial charge in [-0.3, -0.25) is 4.79 Å². The summed E-state index contributed by atoms with van der Waals surface area (Å²) in [6, 6.07) is 7.42. The molecule has 16 heavy (non-hydrogen) atoms. The summed E-state index contributed by atoms with van der Waals surface area (Å²) in [5.41, 5.74) is 1.87. The van der Waals surface area contributed by atoms with Crippen molar-refractivity contribution in [1.29, 1.82) is 0 Å². The zero-order valence-electron chi connectivity index (χ0n) is 9.18. The molecular weight excluding hydrogens is 204 g/mol. The van der Waals surface area contributed by atoms with E-state index >= 15 is 0 Å². The number of benzene rings is 1. The van der Waals surface area contributed by atoms with Gasteiger partial charge in [-0.25, -0.2) is 4.98 Å². The number of para-hydroxylation sites is 2. The lowest BCUT2D eigenvalue weighted by atomic mass is 10.3. The number of oxazole rings is 1. The SMILES string of the molecule is CN(C)/C=C(\C=O)c1nc2ccccc2o1. The number of carbonyl (C=O) groups is 1. The third-order valence-corrected chi connectivity index (χ3v) is 2.07. The van der Waals surface area contributed by atoms with Crippen molar-refractivity contribution in [3.8, 4) is 0 Å². The van der Waals surface area contributed by atoms with Crippen LogP contribution in [0.4, 0.5) is 0 Å². The standard InChI is InChI=1S/C12H12N2O2/c1-14(2)7-9(8-15)12-13-10-5-3-4-6-11(10)16-12/h3-8H,1-2H3/b9-7+. The largest absolute Gasteiger partial charge is 0.436 e. The number of aromatic nitrogens is 1. The fraction of sp³-hybridized carbons (Fsp3) is 0.167. The number of aldehydes is 1. The summed E-state index contributed by atoms with van der Waals surface area (Å²) in [6.07, 6.45) is 2.42. The van der Waals surface area contributed by atoms with E-state index in [1.54, 1.807) is 11.1 Å². The highest BCUT2D eigenvalue weighted by molar-refractivity contribution is 6.05. The van der Waals surface area contributed by atoms with Crippen LogP contribution in [0.1, 0.15) is 5.89 Å². The van der Waals surface area contributed by atoms with Gasteiger partial charge in [0.15, 0.2) is 11.9 Å². The molecule has 2 aromatic rings. The molecule has 1 aromatic carbocycles. The van der Waals surface area contributed by atoms with Crippen LogP contribution in [0, 0.1) is 0 Å². The van der Waals surface area contributed by atoms with Gasteiger partial charge in [0, 0.05) is 20.3 Å². The highest BCUT2D eigenvalue weighted by atomic mass is 16.3. The average Bonchev–Trinajstić information content (AvgIpc) is 2.68. The third-order valence-electron chi connectivity index (χ3n) is 2.07. The summed E-state index contributed by atoms with van der Waals surface area (Å²) in [5, 5.41) is 0. The number of carbonyl (C=O) groups excluding carboxylic acids is 1. The first kappa shape index (κ1) is 10.4. The Bertz CT molecular complexity index is 508. The maximum Gasteiger partial charge on any atom is 0.232 e. The Morgan fingerprint density at radius 1 is 1.38 bits per heavy atom. The Morgan fingerprint density at radius 3 is 2.75 bits per heavy atom. The molecule has 82 valence electrons. The molecule has 0 atom stereocenters. The summed E-state index contributed by atoms with van der Waals surface area (Å²) in [5.74, 6) is 0.352. The molecule has 4 nitrogen and oxygen atoms in total. The van der Waals surface area contributed by atoms with E-state index in [4.69, 9.17) is 4.42 Å². The summed E-state index contributed by atoms with van der Waals surface area (Å²) in [6.45, 7) is 0. The lowest BCUT2D eigenvalue weighted by Gasteiger charge is -2.04. The van der Waals surface area contributed by atoms with Crippen LogP contribution in [-0.2, 0) is 4.79 Å². The third kappa shape index (κ3) is 1.95. The summed E-state index contributed by atoms with van der Waals surface area (Å²) < 4.78 is 5.48. The van der Waals surface area contributed by atoms with Gasteiger partial charge >= 0.3 is 0 Å². The van der Waals surface area contributed by atoms with Crippen molar-refractivity contribution in [3.05, 3.63) is 36.4 Å². The Kier molecular flexibility index (Phi) is 2.72. The normalized spacial score (nSPS) is 11.8. The molecule has 1 heterocycles. The monoisotopic (exact) mass is 216 g/mol. The number of fused-ring (bicyclic) bond motifs is 1. The average molecular weight is 216 g/mol. The Balaban J connectivity index is 2.50. The van der Waals surface area contributed by atoms with Crippen molar-refractivity contribution in [1.82, 2.24) is 9.88 Å². The molecule has 0 aliphatic heterocycles. The number of hydrogen-bond donors (Lipinski definition) is 0. The number of allylic oxidation sites excluding steroid dienone is 1. The zero-order chi connectivity index (χ0) is 11.5. The van der Waals surface area contributed by atoms with Crippen LogP contribution >= 0.6 is 0 Å². The molecule has 0 amide bonds. The van der Waals surface area contributed by atoms with Crippen LogP contribution in [0.3, 0.4) is 0 Å². The van der Waals surface area contributed by atoms with Gasteiger partial charge < -0.3 is 9.32 Å². The van der Waals surface area contributed by atoms with E-state index in [0.717, 1.165) is 11.8 Å². The van der Waals surface area contributed by atoms with Crippen LogP contribution in [0.25, 0.3) is 16.7 Å². The molecule has 0 aliphatic rings. The van der Waals surface area contributed by atoms with Crippen molar-refractivity contribution in [2.24, 2.45) is 0 Å². The number of hydrogen-bond acceptors (Lipinski definition) is 4. The van der Waals surface area contributed by atoms with Crippen LogP contribution in [0.15, 0.2) is 34.9 Å². The molecule has 4 heteroatoms. The molecule has 1 aromatic heterocycles. The van der Waals surface area contributed by atoms with Crippen molar-refractivity contribution in [2.45, 2.75) is 0 Å². The Morgan fingerprint density at radius 2 is 2.12 bits per heavy atom. The van der Waals surface area contributed by atoms with Gasteiger partial charge in [0.2, 0.25) is 5.89 Å². The fourth-order valence-corrected chi connectivity index (χ4v) is 1.41. The Labute approximate surface area is 93.2 Å². The first-order valence-electron chi connectivity index (χ1n) is 4.90. The molecule has 2 rings (SSSR count). The smallest absolute Gasteiger partial charge is 0.232 e.